The lowest BCUT2D eigenvalue weighted by Gasteiger charge is -2.26. The van der Waals surface area contributed by atoms with Crippen LogP contribution in [0.1, 0.15) is 30.9 Å². The number of benzene rings is 1. The molecule has 2 fully saturated rings. The largest absolute Gasteiger partial charge is 0.391 e. The molecule has 4 heterocycles. The molecule has 0 aliphatic carbocycles. The van der Waals surface area contributed by atoms with Gasteiger partial charge in [0.15, 0.2) is 11.5 Å². The summed E-state index contributed by atoms with van der Waals surface area (Å²) in [6.45, 7) is 1.42. The number of nitrogens with zero attached hydrogens (tertiary/aromatic N) is 5. The zero-order valence-corrected chi connectivity index (χ0v) is 16.7. The number of halogens is 2. The molecular formula is C21H22F2N6O2. The molecule has 2 saturated heterocycles. The number of urea groups is 1. The summed E-state index contributed by atoms with van der Waals surface area (Å²) < 4.78 is 29.7. The van der Waals surface area contributed by atoms with Gasteiger partial charge in [-0.1, -0.05) is 0 Å². The van der Waals surface area contributed by atoms with Gasteiger partial charge in [-0.3, -0.25) is 5.32 Å². The Morgan fingerprint density at radius 3 is 2.84 bits per heavy atom. The van der Waals surface area contributed by atoms with E-state index in [0.29, 0.717) is 48.8 Å². The monoisotopic (exact) mass is 428 g/mol. The molecule has 0 radical (unpaired) electrons. The Kier molecular flexibility index (Phi) is 4.93. The Bertz CT molecular complexity index is 1140. The number of hydrogen-bond donors (Lipinski definition) is 2. The molecule has 10 heteroatoms. The predicted molar refractivity (Wildman–Crippen MR) is 110 cm³/mol. The van der Waals surface area contributed by atoms with E-state index in [1.54, 1.807) is 12.1 Å². The van der Waals surface area contributed by atoms with E-state index in [1.165, 1.54) is 21.7 Å². The van der Waals surface area contributed by atoms with Crippen molar-refractivity contribution in [2.45, 2.75) is 31.4 Å². The van der Waals surface area contributed by atoms with Crippen LogP contribution in [0.3, 0.4) is 0 Å². The summed E-state index contributed by atoms with van der Waals surface area (Å²) in [5.74, 6) is 0.0701. The number of nitrogens with one attached hydrogen (secondary N) is 1. The maximum Gasteiger partial charge on any atom is 0.323 e. The van der Waals surface area contributed by atoms with Crippen LogP contribution in [-0.2, 0) is 0 Å². The molecular weight excluding hydrogens is 406 g/mol. The summed E-state index contributed by atoms with van der Waals surface area (Å²) in [4.78, 5) is 20.3. The van der Waals surface area contributed by atoms with E-state index < -0.39 is 17.7 Å². The van der Waals surface area contributed by atoms with Crippen LogP contribution in [0.15, 0.2) is 36.5 Å². The molecule has 162 valence electrons. The summed E-state index contributed by atoms with van der Waals surface area (Å²) in [6.07, 6.45) is 3.07. The Morgan fingerprint density at radius 2 is 2.03 bits per heavy atom. The smallest absolute Gasteiger partial charge is 0.323 e. The van der Waals surface area contributed by atoms with E-state index in [9.17, 15) is 18.7 Å². The predicted octanol–water partition coefficient (Wildman–Crippen LogP) is 2.95. The number of amides is 2. The van der Waals surface area contributed by atoms with Crippen molar-refractivity contribution in [2.24, 2.45) is 0 Å². The maximum absolute atomic E-state index is 14.4. The van der Waals surface area contributed by atoms with Gasteiger partial charge in [0, 0.05) is 25.2 Å². The molecule has 0 saturated carbocycles. The average Bonchev–Trinajstić information content (AvgIpc) is 3.49. The highest BCUT2D eigenvalue weighted by molar-refractivity contribution is 5.89. The number of aliphatic hydroxyl groups excluding tert-OH is 1. The van der Waals surface area contributed by atoms with Crippen LogP contribution in [0.4, 0.5) is 25.2 Å². The second-order valence-corrected chi connectivity index (χ2v) is 7.94. The van der Waals surface area contributed by atoms with E-state index in [4.69, 9.17) is 0 Å². The zero-order chi connectivity index (χ0) is 21.5. The van der Waals surface area contributed by atoms with Crippen molar-refractivity contribution >= 4 is 23.3 Å². The molecule has 0 spiro atoms. The third kappa shape index (κ3) is 3.67. The Morgan fingerprint density at radius 1 is 1.16 bits per heavy atom. The first kappa shape index (κ1) is 19.7. The minimum absolute atomic E-state index is 0.288. The first-order valence-electron chi connectivity index (χ1n) is 10.3. The fourth-order valence-electron chi connectivity index (χ4n) is 4.35. The van der Waals surface area contributed by atoms with Crippen molar-refractivity contribution in [2.75, 3.05) is 29.9 Å². The molecule has 2 amide bonds. The highest BCUT2D eigenvalue weighted by atomic mass is 19.1. The van der Waals surface area contributed by atoms with Crippen LogP contribution < -0.4 is 10.2 Å². The zero-order valence-electron chi connectivity index (χ0n) is 16.7. The lowest BCUT2D eigenvalue weighted by Crippen LogP contribution is -2.34. The number of aromatic nitrogens is 3. The number of likely N-dealkylation sites (tertiary alicyclic amines) is 1. The molecule has 2 aliphatic rings. The van der Waals surface area contributed by atoms with Crippen molar-refractivity contribution in [1.29, 1.82) is 0 Å². The van der Waals surface area contributed by atoms with Gasteiger partial charge in [-0.05, 0) is 49.6 Å². The van der Waals surface area contributed by atoms with Gasteiger partial charge >= 0.3 is 6.03 Å². The van der Waals surface area contributed by atoms with Gasteiger partial charge in [0.25, 0.3) is 0 Å². The minimum atomic E-state index is -0.506. The first-order chi connectivity index (χ1) is 15.0. The third-order valence-corrected chi connectivity index (χ3v) is 5.90. The van der Waals surface area contributed by atoms with E-state index in [0.717, 1.165) is 18.6 Å². The normalized spacial score (nSPS) is 21.3. The number of imidazole rings is 1. The standard InChI is InChI=1S/C21H22F2N6O2/c22-13-3-4-16(23)15(10-13)17-2-1-8-28(17)19-6-5-18-24-11-20(29(18)26-19)25-21(31)27-9-7-14(30)12-27/h3-6,10-11,14,17,30H,1-2,7-9,12H2,(H,25,31)/t14-,17+/m0/s1. The van der Waals surface area contributed by atoms with Gasteiger partial charge in [0.1, 0.15) is 17.5 Å². The molecule has 5 rings (SSSR count). The number of β-amino-alcohol motifs (C(OH)–C–C–N with tert-alkyl or cyclic N) is 1. The number of anilines is 2. The van der Waals surface area contributed by atoms with Crippen LogP contribution in [-0.4, -0.2) is 56.4 Å². The maximum atomic E-state index is 14.4. The molecule has 31 heavy (non-hydrogen) atoms. The number of aliphatic hydroxyl groups is 1. The van der Waals surface area contributed by atoms with Crippen LogP contribution >= 0.6 is 0 Å². The van der Waals surface area contributed by atoms with E-state index in [2.05, 4.69) is 15.4 Å². The fraction of sp³-hybridized carbons (Fsp3) is 0.381. The molecule has 2 aliphatic heterocycles. The summed E-state index contributed by atoms with van der Waals surface area (Å²) in [6, 6.07) is 6.41. The van der Waals surface area contributed by atoms with Gasteiger partial charge in [-0.25, -0.2) is 18.6 Å². The van der Waals surface area contributed by atoms with Gasteiger partial charge < -0.3 is 14.9 Å². The number of rotatable bonds is 3. The fourth-order valence-corrected chi connectivity index (χ4v) is 4.35. The Balaban J connectivity index is 1.43. The topological polar surface area (TPSA) is 86.0 Å². The van der Waals surface area contributed by atoms with Crippen LogP contribution in [0.5, 0.6) is 0 Å². The third-order valence-electron chi connectivity index (χ3n) is 5.90. The SMILES string of the molecule is O=C(Nc1cnc2ccc(N3CCC[C@@H]3c3cc(F)ccc3F)nn12)N1CC[C@H](O)C1. The average molecular weight is 428 g/mol. The van der Waals surface area contributed by atoms with Crippen LogP contribution in [0, 0.1) is 11.6 Å². The van der Waals surface area contributed by atoms with Gasteiger partial charge in [0.2, 0.25) is 0 Å². The van der Waals surface area contributed by atoms with Crippen LogP contribution in [0.2, 0.25) is 0 Å². The summed E-state index contributed by atoms with van der Waals surface area (Å²) in [5.41, 5.74) is 0.860. The lowest BCUT2D eigenvalue weighted by atomic mass is 10.0. The van der Waals surface area contributed by atoms with E-state index in [-0.39, 0.29) is 18.6 Å². The summed E-state index contributed by atoms with van der Waals surface area (Å²) >= 11 is 0. The molecule has 2 atom stereocenters. The van der Waals surface area contributed by atoms with Gasteiger partial charge in [-0.15, -0.1) is 5.10 Å². The van der Waals surface area contributed by atoms with Crippen molar-refractivity contribution in [3.05, 3.63) is 53.7 Å². The lowest BCUT2D eigenvalue weighted by molar-refractivity contribution is 0.176. The van der Waals surface area contributed by atoms with Crippen LogP contribution in [0.25, 0.3) is 5.65 Å². The molecule has 3 aromatic rings. The van der Waals surface area contributed by atoms with Gasteiger partial charge in [-0.2, -0.15) is 4.52 Å². The first-order valence-corrected chi connectivity index (χ1v) is 10.3. The molecule has 1 aromatic carbocycles. The number of hydrogen-bond acceptors (Lipinski definition) is 5. The summed E-state index contributed by atoms with van der Waals surface area (Å²) in [5, 5.41) is 17.1. The van der Waals surface area contributed by atoms with Crippen molar-refractivity contribution < 1.29 is 18.7 Å². The highest BCUT2D eigenvalue weighted by Gasteiger charge is 2.30. The minimum Gasteiger partial charge on any atom is -0.391 e. The molecule has 8 nitrogen and oxygen atoms in total. The van der Waals surface area contributed by atoms with Crippen molar-refractivity contribution in [3.8, 4) is 0 Å². The quantitative estimate of drug-likeness (QED) is 0.670. The van der Waals surface area contributed by atoms with E-state index >= 15 is 0 Å². The highest BCUT2D eigenvalue weighted by Crippen LogP contribution is 2.36. The van der Waals surface area contributed by atoms with E-state index in [1.807, 2.05) is 4.90 Å². The van der Waals surface area contributed by atoms with Crippen molar-refractivity contribution in [1.82, 2.24) is 19.5 Å². The summed E-state index contributed by atoms with van der Waals surface area (Å²) in [7, 11) is 0. The van der Waals surface area contributed by atoms with Gasteiger partial charge in [0.05, 0.1) is 18.3 Å². The Hall–Kier alpha value is -3.27. The number of carbonyl (C=O) groups is 1. The number of carbonyl (C=O) groups excluding carboxylic acids is 1. The molecule has 2 aromatic heterocycles. The number of fused-ring (bicyclic) bond motifs is 1. The second kappa shape index (κ2) is 7.77. The Labute approximate surface area is 177 Å². The van der Waals surface area contributed by atoms with Crippen molar-refractivity contribution in [3.63, 3.8) is 0 Å². The molecule has 0 bridgehead atoms. The second-order valence-electron chi connectivity index (χ2n) is 7.94. The molecule has 0 unspecified atom stereocenters. The molecule has 2 N–H and O–H groups in total.